The second kappa shape index (κ2) is 9.33. The number of alkyl halides is 2. The highest BCUT2D eigenvalue weighted by Crippen LogP contribution is 2.37. The molecule has 0 unspecified atom stereocenters. The number of carbonyl (C=O) groups excluding carboxylic acids is 1. The highest BCUT2D eigenvalue weighted by atomic mass is 35.5. The normalized spacial score (nSPS) is 19.0. The number of likely N-dealkylation sites (tertiary alicyclic amines) is 1. The van der Waals surface area contributed by atoms with Crippen molar-refractivity contribution in [3.63, 3.8) is 0 Å². The quantitative estimate of drug-likeness (QED) is 0.560. The maximum atomic E-state index is 13.4. The van der Waals surface area contributed by atoms with Crippen LogP contribution in [0, 0.1) is 6.92 Å². The average Bonchev–Trinajstić information content (AvgIpc) is 3.49. The molecule has 0 bridgehead atoms. The summed E-state index contributed by atoms with van der Waals surface area (Å²) in [5.74, 6) is -0.591. The van der Waals surface area contributed by atoms with Crippen molar-refractivity contribution in [3.05, 3.63) is 46.0 Å². The lowest BCUT2D eigenvalue weighted by Gasteiger charge is -2.31. The third-order valence-electron chi connectivity index (χ3n) is 6.38. The number of halogens is 3. The zero-order chi connectivity index (χ0) is 22.0. The first-order chi connectivity index (χ1) is 14.8. The Hall–Kier alpha value is -1.86. The maximum absolute atomic E-state index is 13.4. The number of nitrogens with zero attached hydrogens (tertiary/aromatic N) is 4. The molecule has 1 aliphatic heterocycles. The molecular formula is C23H29ClF2N4O. The van der Waals surface area contributed by atoms with Crippen molar-refractivity contribution in [3.8, 4) is 0 Å². The molecule has 2 aliphatic rings. The zero-order valence-corrected chi connectivity index (χ0v) is 18.7. The van der Waals surface area contributed by atoms with Gasteiger partial charge >= 0.3 is 0 Å². The van der Waals surface area contributed by atoms with Crippen LogP contribution in [0.4, 0.5) is 8.78 Å². The van der Waals surface area contributed by atoms with E-state index in [0.717, 1.165) is 35.6 Å². The smallest absolute Gasteiger partial charge is 0.250 e. The number of ketones is 1. The van der Waals surface area contributed by atoms with Crippen molar-refractivity contribution in [2.24, 2.45) is 0 Å². The molecule has 0 N–H and O–H groups in total. The second-order valence-corrected chi connectivity index (χ2v) is 9.23. The number of hydrogen-bond acceptors (Lipinski definition) is 4. The van der Waals surface area contributed by atoms with Crippen LogP contribution < -0.4 is 0 Å². The van der Waals surface area contributed by atoms with Gasteiger partial charge in [-0.2, -0.15) is 0 Å². The van der Waals surface area contributed by atoms with Crippen molar-refractivity contribution in [2.45, 2.75) is 70.3 Å². The highest BCUT2D eigenvalue weighted by Gasteiger charge is 2.34. The number of aryl methyl sites for hydroxylation is 1. The predicted molar refractivity (Wildman–Crippen MR) is 116 cm³/mol. The zero-order valence-electron chi connectivity index (χ0n) is 17.9. The standard InChI is InChI=1S/C23H29ClF2N4O/c1-16-17(3-2-4-20(16)24)15-19(31)7-8-21-27-28-22(30(21)18-5-6-18)9-12-29-13-10-23(25,26)11-14-29/h2-4,18H,5-15H2,1H3. The molecule has 168 valence electrons. The maximum Gasteiger partial charge on any atom is 0.250 e. The van der Waals surface area contributed by atoms with Crippen molar-refractivity contribution in [1.82, 2.24) is 19.7 Å². The molecule has 0 radical (unpaired) electrons. The Labute approximate surface area is 186 Å². The molecule has 2 fully saturated rings. The molecule has 0 spiro atoms. The fourth-order valence-corrected chi connectivity index (χ4v) is 4.41. The third-order valence-corrected chi connectivity index (χ3v) is 6.79. The minimum absolute atomic E-state index is 0.0677. The number of benzene rings is 1. The van der Waals surface area contributed by atoms with Crippen LogP contribution in [0.2, 0.25) is 5.02 Å². The SMILES string of the molecule is Cc1c(Cl)cccc1CC(=O)CCc1nnc(CCN2CCC(F)(F)CC2)n1C1CC1. The van der Waals surface area contributed by atoms with E-state index < -0.39 is 5.92 Å². The molecule has 0 atom stereocenters. The molecule has 2 aromatic rings. The van der Waals surface area contributed by atoms with E-state index >= 15 is 0 Å². The van der Waals surface area contributed by atoms with Crippen molar-refractivity contribution in [2.75, 3.05) is 19.6 Å². The summed E-state index contributed by atoms with van der Waals surface area (Å²) < 4.78 is 28.9. The molecular weight excluding hydrogens is 422 g/mol. The van der Waals surface area contributed by atoms with Crippen LogP contribution in [-0.2, 0) is 24.1 Å². The summed E-state index contributed by atoms with van der Waals surface area (Å²) >= 11 is 6.16. The number of rotatable bonds is 9. The molecule has 1 saturated heterocycles. The van der Waals surface area contributed by atoms with E-state index in [0.29, 0.717) is 56.4 Å². The van der Waals surface area contributed by atoms with Gasteiger partial charge in [0, 0.05) is 69.2 Å². The van der Waals surface area contributed by atoms with E-state index in [1.165, 1.54) is 0 Å². The van der Waals surface area contributed by atoms with Crippen LogP contribution in [-0.4, -0.2) is 51.0 Å². The molecule has 1 aliphatic carbocycles. The van der Waals surface area contributed by atoms with Crippen molar-refractivity contribution < 1.29 is 13.6 Å². The molecule has 8 heteroatoms. The summed E-state index contributed by atoms with van der Waals surface area (Å²) in [5, 5.41) is 9.44. The Balaban J connectivity index is 1.33. The van der Waals surface area contributed by atoms with Gasteiger partial charge in [-0.15, -0.1) is 10.2 Å². The number of carbonyl (C=O) groups is 1. The average molecular weight is 451 g/mol. The molecule has 4 rings (SSSR count). The van der Waals surface area contributed by atoms with Crippen LogP contribution in [0.5, 0.6) is 0 Å². The van der Waals surface area contributed by atoms with Crippen LogP contribution in [0.15, 0.2) is 18.2 Å². The van der Waals surface area contributed by atoms with Crippen molar-refractivity contribution >= 4 is 17.4 Å². The second-order valence-electron chi connectivity index (χ2n) is 8.82. The summed E-state index contributed by atoms with van der Waals surface area (Å²) in [5.41, 5.74) is 1.92. The first-order valence-corrected chi connectivity index (χ1v) is 11.5. The lowest BCUT2D eigenvalue weighted by molar-refractivity contribution is -0.118. The Morgan fingerprint density at radius 1 is 1.16 bits per heavy atom. The molecule has 1 aromatic carbocycles. The van der Waals surface area contributed by atoms with E-state index in [1.54, 1.807) is 0 Å². The van der Waals surface area contributed by atoms with Gasteiger partial charge in [0.2, 0.25) is 0 Å². The summed E-state index contributed by atoms with van der Waals surface area (Å²) in [4.78, 5) is 14.7. The summed E-state index contributed by atoms with van der Waals surface area (Å²) in [7, 11) is 0. The van der Waals surface area contributed by atoms with Gasteiger partial charge in [-0.05, 0) is 37.0 Å². The van der Waals surface area contributed by atoms with Gasteiger partial charge in [0.15, 0.2) is 0 Å². The van der Waals surface area contributed by atoms with Gasteiger partial charge < -0.3 is 9.47 Å². The van der Waals surface area contributed by atoms with Crippen LogP contribution in [0.3, 0.4) is 0 Å². The summed E-state index contributed by atoms with van der Waals surface area (Å²) in [6, 6.07) is 6.06. The first kappa shape index (κ1) is 22.3. The van der Waals surface area contributed by atoms with Gasteiger partial charge in [0.1, 0.15) is 17.4 Å². The van der Waals surface area contributed by atoms with Crippen LogP contribution in [0.1, 0.15) is 60.9 Å². The van der Waals surface area contributed by atoms with Crippen LogP contribution >= 0.6 is 11.6 Å². The number of aromatic nitrogens is 3. The first-order valence-electron chi connectivity index (χ1n) is 11.1. The molecule has 2 heterocycles. The Bertz CT molecular complexity index is 932. The minimum atomic E-state index is -2.52. The summed E-state index contributed by atoms with van der Waals surface area (Å²) in [6.07, 6.45) is 4.12. The highest BCUT2D eigenvalue weighted by molar-refractivity contribution is 6.31. The fourth-order valence-electron chi connectivity index (χ4n) is 4.21. The minimum Gasteiger partial charge on any atom is -0.312 e. The van der Waals surface area contributed by atoms with E-state index in [4.69, 9.17) is 11.6 Å². The van der Waals surface area contributed by atoms with Gasteiger partial charge in [0.05, 0.1) is 0 Å². The fraction of sp³-hybridized carbons (Fsp3) is 0.609. The molecule has 31 heavy (non-hydrogen) atoms. The predicted octanol–water partition coefficient (Wildman–Crippen LogP) is 4.59. The Morgan fingerprint density at radius 3 is 2.52 bits per heavy atom. The van der Waals surface area contributed by atoms with E-state index in [2.05, 4.69) is 19.7 Å². The molecule has 0 amide bonds. The van der Waals surface area contributed by atoms with E-state index in [1.807, 2.05) is 25.1 Å². The Kier molecular flexibility index (Phi) is 6.72. The molecule has 1 aromatic heterocycles. The van der Waals surface area contributed by atoms with E-state index in [9.17, 15) is 13.6 Å². The summed E-state index contributed by atoms with van der Waals surface area (Å²) in [6.45, 7) is 3.50. The molecule has 5 nitrogen and oxygen atoms in total. The van der Waals surface area contributed by atoms with Gasteiger partial charge in [0.25, 0.3) is 5.92 Å². The van der Waals surface area contributed by atoms with Crippen molar-refractivity contribution in [1.29, 1.82) is 0 Å². The third kappa shape index (κ3) is 5.69. The monoisotopic (exact) mass is 450 g/mol. The molecule has 1 saturated carbocycles. The number of piperidine rings is 1. The number of Topliss-reactive ketones (excluding diaryl/α,β-unsaturated/α-hetero) is 1. The Morgan fingerprint density at radius 2 is 1.84 bits per heavy atom. The topological polar surface area (TPSA) is 51.0 Å². The van der Waals surface area contributed by atoms with Crippen LogP contribution in [0.25, 0.3) is 0 Å². The lowest BCUT2D eigenvalue weighted by Crippen LogP contribution is -2.40. The van der Waals surface area contributed by atoms with Gasteiger partial charge in [-0.25, -0.2) is 8.78 Å². The largest absolute Gasteiger partial charge is 0.312 e. The van der Waals surface area contributed by atoms with E-state index in [-0.39, 0.29) is 18.6 Å². The van der Waals surface area contributed by atoms with Gasteiger partial charge in [-0.3, -0.25) is 4.79 Å². The van der Waals surface area contributed by atoms with Gasteiger partial charge in [-0.1, -0.05) is 23.7 Å². The number of hydrogen-bond donors (Lipinski definition) is 0. The lowest BCUT2D eigenvalue weighted by atomic mass is 10.0.